The number of aromatic nitrogens is 4. The molecule has 0 unspecified atom stereocenters. The topological polar surface area (TPSA) is 99.4 Å². The van der Waals surface area contributed by atoms with E-state index >= 15 is 0 Å². The van der Waals surface area contributed by atoms with Crippen molar-refractivity contribution >= 4 is 22.9 Å². The van der Waals surface area contributed by atoms with Crippen LogP contribution in [0.25, 0.3) is 11.2 Å². The van der Waals surface area contributed by atoms with E-state index in [2.05, 4.69) is 15.1 Å². The number of likely N-dealkylation sites (tertiary alicyclic amines) is 1. The van der Waals surface area contributed by atoms with Gasteiger partial charge in [0.1, 0.15) is 17.0 Å². The van der Waals surface area contributed by atoms with Crippen LogP contribution in [0.4, 0.5) is 0 Å². The fourth-order valence-electron chi connectivity index (χ4n) is 4.25. The highest BCUT2D eigenvalue weighted by Crippen LogP contribution is 2.30. The minimum Gasteiger partial charge on any atom is -0.497 e. The number of ether oxygens (including phenoxy) is 2. The lowest BCUT2D eigenvalue weighted by molar-refractivity contribution is -0.132. The largest absolute Gasteiger partial charge is 0.497 e. The lowest BCUT2D eigenvalue weighted by Gasteiger charge is -2.32. The Bertz CT molecular complexity index is 1140. The van der Waals surface area contributed by atoms with Crippen LogP contribution in [0, 0.1) is 0 Å². The quantitative estimate of drug-likeness (QED) is 0.524. The highest BCUT2D eigenvalue weighted by atomic mass is 16.5. The van der Waals surface area contributed by atoms with E-state index in [4.69, 9.17) is 9.47 Å². The predicted molar refractivity (Wildman–Crippen MR) is 118 cm³/mol. The molecule has 2 aromatic heterocycles. The van der Waals surface area contributed by atoms with E-state index in [1.165, 1.54) is 7.11 Å². The molecule has 1 aromatic carbocycles. The fraction of sp³-hybridized carbons (Fsp3) is 0.435. The average molecular weight is 438 g/mol. The molecule has 3 heterocycles. The Morgan fingerprint density at radius 1 is 1.12 bits per heavy atom. The van der Waals surface area contributed by atoms with Gasteiger partial charge in [-0.1, -0.05) is 0 Å². The summed E-state index contributed by atoms with van der Waals surface area (Å²) in [5.41, 5.74) is 2.87. The summed E-state index contributed by atoms with van der Waals surface area (Å²) in [6.45, 7) is 1.26. The Morgan fingerprint density at radius 2 is 1.94 bits per heavy atom. The number of hydrogen-bond donors (Lipinski definition) is 0. The van der Waals surface area contributed by atoms with Crippen molar-refractivity contribution in [2.45, 2.75) is 31.6 Å². The van der Waals surface area contributed by atoms with Crippen molar-refractivity contribution in [3.8, 4) is 11.5 Å². The molecule has 32 heavy (non-hydrogen) atoms. The van der Waals surface area contributed by atoms with E-state index in [1.54, 1.807) is 42.4 Å². The molecule has 3 aromatic rings. The number of hydrogen-bond acceptors (Lipinski definition) is 7. The number of nitrogens with zero attached hydrogens (tertiary/aromatic N) is 5. The van der Waals surface area contributed by atoms with Crippen LogP contribution < -0.4 is 9.47 Å². The summed E-state index contributed by atoms with van der Waals surface area (Å²) < 4.78 is 12.2. The Kier molecular flexibility index (Phi) is 6.34. The van der Waals surface area contributed by atoms with Crippen LogP contribution in [-0.4, -0.2) is 63.6 Å². The van der Waals surface area contributed by atoms with Gasteiger partial charge in [0.05, 0.1) is 25.5 Å². The monoisotopic (exact) mass is 437 g/mol. The van der Waals surface area contributed by atoms with Crippen molar-refractivity contribution in [3.05, 3.63) is 41.9 Å². The zero-order valence-electron chi connectivity index (χ0n) is 18.6. The summed E-state index contributed by atoms with van der Waals surface area (Å²) in [7, 11) is 4.92. The number of aryl methyl sites for hydroxylation is 1. The number of ketones is 1. The minimum atomic E-state index is -0.127. The number of Topliss-reactive ketones (excluding diaryl/α,β-unsaturated/α-hetero) is 1. The normalized spacial score (nSPS) is 16.2. The van der Waals surface area contributed by atoms with Crippen LogP contribution in [0.2, 0.25) is 0 Å². The van der Waals surface area contributed by atoms with Crippen LogP contribution >= 0.6 is 0 Å². The summed E-state index contributed by atoms with van der Waals surface area (Å²) in [5, 5.41) is 4.63. The molecule has 9 heteroatoms. The molecule has 0 saturated carbocycles. The molecule has 1 amide bonds. The maximum atomic E-state index is 12.9. The zero-order chi connectivity index (χ0) is 22.7. The average Bonchev–Trinajstić information content (AvgIpc) is 3.18. The zero-order valence-corrected chi connectivity index (χ0v) is 18.6. The Hall–Kier alpha value is -3.49. The molecular weight excluding hydrogens is 410 g/mol. The van der Waals surface area contributed by atoms with Crippen molar-refractivity contribution in [1.29, 1.82) is 0 Å². The molecule has 1 saturated heterocycles. The first-order chi connectivity index (χ1) is 15.5. The van der Waals surface area contributed by atoms with E-state index in [9.17, 15) is 9.59 Å². The molecule has 0 N–H and O–H groups in total. The highest BCUT2D eigenvalue weighted by molar-refractivity contribution is 6.00. The number of carbonyl (C=O) groups is 2. The van der Waals surface area contributed by atoms with Gasteiger partial charge in [0.2, 0.25) is 5.91 Å². The van der Waals surface area contributed by atoms with Gasteiger partial charge in [-0.25, -0.2) is 14.6 Å². The molecule has 0 bridgehead atoms. The number of benzene rings is 1. The number of fused-ring (bicyclic) bond motifs is 1. The van der Waals surface area contributed by atoms with Crippen LogP contribution in [0.15, 0.2) is 30.6 Å². The molecule has 4 rings (SSSR count). The third kappa shape index (κ3) is 4.28. The summed E-state index contributed by atoms with van der Waals surface area (Å²) in [5.74, 6) is 1.01. The van der Waals surface area contributed by atoms with Crippen molar-refractivity contribution in [2.75, 3.05) is 27.3 Å². The predicted octanol–water partition coefficient (Wildman–Crippen LogP) is 2.75. The van der Waals surface area contributed by atoms with Gasteiger partial charge >= 0.3 is 0 Å². The van der Waals surface area contributed by atoms with Crippen molar-refractivity contribution in [1.82, 2.24) is 24.6 Å². The molecule has 1 fully saturated rings. The molecule has 0 aliphatic carbocycles. The van der Waals surface area contributed by atoms with Gasteiger partial charge in [-0.2, -0.15) is 5.10 Å². The number of methoxy groups -OCH3 is 2. The van der Waals surface area contributed by atoms with Crippen molar-refractivity contribution < 1.29 is 19.1 Å². The van der Waals surface area contributed by atoms with Crippen LogP contribution in [0.5, 0.6) is 11.5 Å². The molecule has 0 spiro atoms. The van der Waals surface area contributed by atoms with E-state index in [0.717, 1.165) is 29.7 Å². The Balaban J connectivity index is 1.41. The van der Waals surface area contributed by atoms with Crippen molar-refractivity contribution in [2.24, 2.45) is 7.05 Å². The summed E-state index contributed by atoms with van der Waals surface area (Å²) >= 11 is 0. The number of rotatable bonds is 7. The summed E-state index contributed by atoms with van der Waals surface area (Å²) in [6, 6.07) is 5.06. The molecule has 1 aliphatic heterocycles. The second-order valence-electron chi connectivity index (χ2n) is 7.91. The lowest BCUT2D eigenvalue weighted by atomic mass is 9.94. The second-order valence-corrected chi connectivity index (χ2v) is 7.91. The summed E-state index contributed by atoms with van der Waals surface area (Å²) in [6.07, 6.45) is 5.42. The highest BCUT2D eigenvalue weighted by Gasteiger charge is 2.29. The third-order valence-corrected chi connectivity index (χ3v) is 5.92. The molecular formula is C23H27N5O4. The van der Waals surface area contributed by atoms with Gasteiger partial charge < -0.3 is 14.4 Å². The Labute approximate surface area is 186 Å². The van der Waals surface area contributed by atoms with Gasteiger partial charge in [-0.3, -0.25) is 9.59 Å². The number of piperidine rings is 1. The van der Waals surface area contributed by atoms with Gasteiger partial charge in [-0.15, -0.1) is 0 Å². The minimum absolute atomic E-state index is 0.0261. The molecule has 0 radical (unpaired) electrons. The van der Waals surface area contributed by atoms with Gasteiger partial charge in [0.25, 0.3) is 0 Å². The number of carbonyl (C=O) groups excluding carboxylic acids is 2. The second kappa shape index (κ2) is 9.33. The maximum absolute atomic E-state index is 12.9. The molecule has 9 nitrogen and oxygen atoms in total. The van der Waals surface area contributed by atoms with Crippen LogP contribution in [-0.2, 0) is 11.8 Å². The maximum Gasteiger partial charge on any atom is 0.223 e. The third-order valence-electron chi connectivity index (χ3n) is 5.92. The van der Waals surface area contributed by atoms with Crippen LogP contribution in [0.1, 0.15) is 47.7 Å². The van der Waals surface area contributed by atoms with Gasteiger partial charge in [0.15, 0.2) is 11.4 Å². The smallest absolute Gasteiger partial charge is 0.223 e. The fourth-order valence-corrected chi connectivity index (χ4v) is 4.25. The first-order valence-electron chi connectivity index (χ1n) is 10.7. The molecule has 1 aliphatic rings. The van der Waals surface area contributed by atoms with E-state index in [-0.39, 0.29) is 30.4 Å². The Morgan fingerprint density at radius 3 is 2.72 bits per heavy atom. The van der Waals surface area contributed by atoms with E-state index in [0.29, 0.717) is 30.2 Å². The van der Waals surface area contributed by atoms with Gasteiger partial charge in [-0.05, 0) is 25.0 Å². The van der Waals surface area contributed by atoms with E-state index in [1.807, 2.05) is 11.9 Å². The van der Waals surface area contributed by atoms with Crippen LogP contribution in [0.3, 0.4) is 0 Å². The number of amides is 1. The van der Waals surface area contributed by atoms with Gasteiger partial charge in [0, 0.05) is 57.4 Å². The van der Waals surface area contributed by atoms with Crippen molar-refractivity contribution in [3.63, 3.8) is 0 Å². The van der Waals surface area contributed by atoms with E-state index < -0.39 is 0 Å². The summed E-state index contributed by atoms with van der Waals surface area (Å²) in [4.78, 5) is 36.3. The molecule has 168 valence electrons. The lowest BCUT2D eigenvalue weighted by Crippen LogP contribution is -2.39. The SMILES string of the molecule is COc1ccc(C(=O)CCC(=O)N2CCC[C@@H](c3nn(C)c4nccnc34)C2)c(OC)c1. The first kappa shape index (κ1) is 21.7. The first-order valence-corrected chi connectivity index (χ1v) is 10.7. The standard InChI is InChI=1S/C23H27N5O4/c1-27-23-22(24-10-11-25-23)21(26-27)15-5-4-12-28(14-15)20(30)9-8-18(29)17-7-6-16(31-2)13-19(17)32-3/h6-7,10-11,13,15H,4-5,8-9,12,14H2,1-3H3/t15-/m1/s1. The molecule has 1 atom stereocenters.